The Morgan fingerprint density at radius 1 is 1.30 bits per heavy atom. The lowest BCUT2D eigenvalue weighted by molar-refractivity contribution is 0.195. The highest BCUT2D eigenvalue weighted by molar-refractivity contribution is 7.07. The summed E-state index contributed by atoms with van der Waals surface area (Å²) in [6.45, 7) is 11.8. The second-order valence-corrected chi connectivity index (χ2v) is 6.07. The largest absolute Gasteiger partial charge is 0.385 e. The number of rotatable bonds is 11. The molecular weight excluding hydrogens is 308 g/mol. The second-order valence-electron chi connectivity index (χ2n) is 5.29. The summed E-state index contributed by atoms with van der Waals surface area (Å²) < 4.78 is 5.09. The maximum Gasteiger partial charge on any atom is 0.191 e. The molecule has 23 heavy (non-hydrogen) atoms. The Morgan fingerprint density at radius 2 is 2.09 bits per heavy atom. The molecule has 0 saturated carbocycles. The molecule has 1 aromatic rings. The Kier molecular flexibility index (Phi) is 10.7. The van der Waals surface area contributed by atoms with Gasteiger partial charge in [0.25, 0.3) is 0 Å². The highest BCUT2D eigenvalue weighted by atomic mass is 32.1. The molecule has 0 spiro atoms. The summed E-state index contributed by atoms with van der Waals surface area (Å²) in [6.07, 6.45) is 0.977. The van der Waals surface area contributed by atoms with Crippen molar-refractivity contribution in [3.8, 4) is 0 Å². The fourth-order valence-corrected chi connectivity index (χ4v) is 3.21. The topological polar surface area (TPSA) is 48.9 Å². The molecule has 1 heterocycles. The normalized spacial score (nSPS) is 13.3. The number of aliphatic imine (C=N–C) groups is 1. The summed E-state index contributed by atoms with van der Waals surface area (Å²) in [5, 5.41) is 11.1. The van der Waals surface area contributed by atoms with Crippen molar-refractivity contribution < 1.29 is 4.74 Å². The first-order valence-electron chi connectivity index (χ1n) is 8.53. The monoisotopic (exact) mass is 340 g/mol. The number of hydrogen-bond acceptors (Lipinski definition) is 4. The van der Waals surface area contributed by atoms with E-state index in [-0.39, 0.29) is 0 Å². The van der Waals surface area contributed by atoms with E-state index >= 15 is 0 Å². The maximum atomic E-state index is 5.09. The summed E-state index contributed by atoms with van der Waals surface area (Å²) >= 11 is 1.75. The number of nitrogens with zero attached hydrogens (tertiary/aromatic N) is 2. The summed E-state index contributed by atoms with van der Waals surface area (Å²) in [5.41, 5.74) is 1.36. The smallest absolute Gasteiger partial charge is 0.191 e. The third-order valence-corrected chi connectivity index (χ3v) is 4.47. The number of nitrogens with one attached hydrogen (secondary N) is 2. The van der Waals surface area contributed by atoms with Crippen LogP contribution in [0.5, 0.6) is 0 Å². The van der Waals surface area contributed by atoms with Crippen LogP contribution < -0.4 is 10.6 Å². The van der Waals surface area contributed by atoms with Gasteiger partial charge in [0.2, 0.25) is 0 Å². The van der Waals surface area contributed by atoms with E-state index in [1.165, 1.54) is 5.56 Å². The number of methoxy groups -OCH3 is 1. The lowest BCUT2D eigenvalue weighted by atomic mass is 10.1. The second kappa shape index (κ2) is 12.3. The first-order valence-corrected chi connectivity index (χ1v) is 9.48. The van der Waals surface area contributed by atoms with Gasteiger partial charge in [0.15, 0.2) is 5.96 Å². The molecule has 5 nitrogen and oxygen atoms in total. The molecule has 1 aromatic heterocycles. The van der Waals surface area contributed by atoms with E-state index in [4.69, 9.17) is 9.73 Å². The van der Waals surface area contributed by atoms with Gasteiger partial charge in [-0.1, -0.05) is 13.8 Å². The van der Waals surface area contributed by atoms with Crippen molar-refractivity contribution in [1.82, 2.24) is 15.5 Å². The molecule has 0 radical (unpaired) electrons. The third-order valence-electron chi connectivity index (χ3n) is 3.77. The van der Waals surface area contributed by atoms with E-state index in [9.17, 15) is 0 Å². The minimum Gasteiger partial charge on any atom is -0.385 e. The Bertz CT molecular complexity index is 418. The van der Waals surface area contributed by atoms with Crippen molar-refractivity contribution in [2.75, 3.05) is 46.4 Å². The van der Waals surface area contributed by atoms with Crippen molar-refractivity contribution in [2.24, 2.45) is 4.99 Å². The van der Waals surface area contributed by atoms with Crippen molar-refractivity contribution in [3.05, 3.63) is 22.4 Å². The summed E-state index contributed by atoms with van der Waals surface area (Å²) in [5.74, 6) is 0.885. The molecule has 132 valence electrons. The standard InChI is InChI=1S/C17H32N4OS/c1-5-18-17(19-10-8-11-22-4)20-13-16(21(6-2)7-3)15-9-12-23-14-15/h9,12,14,16H,5-8,10-11,13H2,1-4H3,(H2,18,19,20). The van der Waals surface area contributed by atoms with E-state index in [2.05, 4.69) is 53.1 Å². The first kappa shape index (κ1) is 19.9. The molecule has 6 heteroatoms. The van der Waals surface area contributed by atoms with E-state index in [1.807, 2.05) is 0 Å². The predicted octanol–water partition coefficient (Wildman–Crippen LogP) is 2.72. The van der Waals surface area contributed by atoms with Gasteiger partial charge in [-0.2, -0.15) is 11.3 Å². The number of ether oxygens (including phenoxy) is 1. The fourth-order valence-electron chi connectivity index (χ4n) is 2.50. The van der Waals surface area contributed by atoms with Crippen molar-refractivity contribution >= 4 is 17.3 Å². The summed E-state index contributed by atoms with van der Waals surface area (Å²) in [6, 6.07) is 2.55. The maximum absolute atomic E-state index is 5.09. The Balaban J connectivity index is 2.70. The summed E-state index contributed by atoms with van der Waals surface area (Å²) in [7, 11) is 1.73. The predicted molar refractivity (Wildman–Crippen MR) is 100 cm³/mol. The quantitative estimate of drug-likeness (QED) is 0.369. The van der Waals surface area contributed by atoms with Gasteiger partial charge < -0.3 is 15.4 Å². The van der Waals surface area contributed by atoms with Crippen LogP contribution in [0.15, 0.2) is 21.8 Å². The van der Waals surface area contributed by atoms with Gasteiger partial charge in [0.05, 0.1) is 12.6 Å². The first-order chi connectivity index (χ1) is 11.3. The van der Waals surface area contributed by atoms with E-state index in [1.54, 1.807) is 18.4 Å². The minimum absolute atomic E-state index is 0.339. The SMILES string of the molecule is CCNC(=NCC(c1ccsc1)N(CC)CC)NCCCOC. The lowest BCUT2D eigenvalue weighted by Gasteiger charge is -2.28. The van der Waals surface area contributed by atoms with Crippen LogP contribution in [0, 0.1) is 0 Å². The van der Waals surface area contributed by atoms with E-state index in [0.717, 1.165) is 51.7 Å². The van der Waals surface area contributed by atoms with Gasteiger partial charge in [-0.15, -0.1) is 0 Å². The lowest BCUT2D eigenvalue weighted by Crippen LogP contribution is -2.39. The zero-order chi connectivity index (χ0) is 16.9. The molecule has 0 saturated heterocycles. The summed E-state index contributed by atoms with van der Waals surface area (Å²) in [4.78, 5) is 7.26. The van der Waals surface area contributed by atoms with Crippen molar-refractivity contribution in [1.29, 1.82) is 0 Å². The Hall–Kier alpha value is -1.11. The number of hydrogen-bond donors (Lipinski definition) is 2. The van der Waals surface area contributed by atoms with Crippen LogP contribution in [0.4, 0.5) is 0 Å². The average molecular weight is 341 g/mol. The van der Waals surface area contributed by atoms with E-state index < -0.39 is 0 Å². The minimum atomic E-state index is 0.339. The molecule has 1 rings (SSSR count). The van der Waals surface area contributed by atoms with Gasteiger partial charge in [-0.05, 0) is 48.8 Å². The molecule has 0 aromatic carbocycles. The Labute approximate surface area is 145 Å². The highest BCUT2D eigenvalue weighted by Gasteiger charge is 2.18. The van der Waals surface area contributed by atoms with Crippen LogP contribution in [-0.4, -0.2) is 57.3 Å². The number of guanidine groups is 1. The molecule has 0 amide bonds. The van der Waals surface area contributed by atoms with Crippen LogP contribution in [-0.2, 0) is 4.74 Å². The molecule has 0 bridgehead atoms. The molecule has 1 atom stereocenters. The van der Waals surface area contributed by atoms with Crippen molar-refractivity contribution in [3.63, 3.8) is 0 Å². The number of likely N-dealkylation sites (N-methyl/N-ethyl adjacent to an activating group) is 1. The molecule has 1 unspecified atom stereocenters. The van der Waals surface area contributed by atoms with Crippen LogP contribution in [0.1, 0.15) is 38.8 Å². The van der Waals surface area contributed by atoms with Crippen molar-refractivity contribution in [2.45, 2.75) is 33.2 Å². The molecule has 2 N–H and O–H groups in total. The van der Waals surface area contributed by atoms with Gasteiger partial charge >= 0.3 is 0 Å². The number of thiophene rings is 1. The molecule has 0 aliphatic carbocycles. The van der Waals surface area contributed by atoms with Gasteiger partial charge in [0, 0.05) is 26.8 Å². The Morgan fingerprint density at radius 3 is 2.65 bits per heavy atom. The van der Waals surface area contributed by atoms with Gasteiger partial charge in [0.1, 0.15) is 0 Å². The van der Waals surface area contributed by atoms with Crippen LogP contribution in [0.2, 0.25) is 0 Å². The van der Waals surface area contributed by atoms with Gasteiger partial charge in [-0.25, -0.2) is 0 Å². The zero-order valence-corrected chi connectivity index (χ0v) is 15.8. The third kappa shape index (κ3) is 7.33. The van der Waals surface area contributed by atoms with Crippen LogP contribution >= 0.6 is 11.3 Å². The molecule has 0 aliphatic rings. The molecule has 0 aliphatic heterocycles. The molecular formula is C17H32N4OS. The highest BCUT2D eigenvalue weighted by Crippen LogP contribution is 2.23. The fraction of sp³-hybridized carbons (Fsp3) is 0.706. The molecule has 0 fully saturated rings. The zero-order valence-electron chi connectivity index (χ0n) is 15.0. The van der Waals surface area contributed by atoms with E-state index in [0.29, 0.717) is 6.04 Å². The van der Waals surface area contributed by atoms with Crippen LogP contribution in [0.25, 0.3) is 0 Å². The van der Waals surface area contributed by atoms with Gasteiger partial charge in [-0.3, -0.25) is 9.89 Å². The van der Waals surface area contributed by atoms with Crippen LogP contribution in [0.3, 0.4) is 0 Å². The average Bonchev–Trinajstić information content (AvgIpc) is 3.09.